The molecule has 21 heavy (non-hydrogen) atoms. The van der Waals surface area contributed by atoms with Crippen molar-refractivity contribution >= 4 is 27.5 Å². The van der Waals surface area contributed by atoms with Gasteiger partial charge < -0.3 is 10.1 Å². The highest BCUT2D eigenvalue weighted by molar-refractivity contribution is 9.10. The van der Waals surface area contributed by atoms with Gasteiger partial charge in [0.2, 0.25) is 0 Å². The number of hydrogen-bond donors (Lipinski definition) is 1. The predicted molar refractivity (Wildman–Crippen MR) is 86.7 cm³/mol. The van der Waals surface area contributed by atoms with Gasteiger partial charge in [0, 0.05) is 6.20 Å². The largest absolute Gasteiger partial charge is 0.491 e. The summed E-state index contributed by atoms with van der Waals surface area (Å²) < 4.78 is 6.24. The molecular formula is C16H17BrN2O2. The Labute approximate surface area is 132 Å². The monoisotopic (exact) mass is 348 g/mol. The lowest BCUT2D eigenvalue weighted by Crippen LogP contribution is -2.14. The van der Waals surface area contributed by atoms with E-state index < -0.39 is 0 Å². The molecule has 2 aromatic rings. The summed E-state index contributed by atoms with van der Waals surface area (Å²) in [5.74, 6) is 0.858. The number of hydrogen-bond acceptors (Lipinski definition) is 3. The minimum absolute atomic E-state index is 0.226. The summed E-state index contributed by atoms with van der Waals surface area (Å²) in [5.41, 5.74) is 1.13. The second kappa shape index (κ2) is 7.22. The molecular weight excluding hydrogens is 332 g/mol. The molecule has 1 aromatic heterocycles. The predicted octanol–water partition coefficient (Wildman–Crippen LogP) is 4.13. The molecule has 0 atom stereocenters. The fraction of sp³-hybridized carbons (Fsp3) is 0.250. The highest BCUT2D eigenvalue weighted by Crippen LogP contribution is 2.25. The Balaban J connectivity index is 2.16. The highest BCUT2D eigenvalue weighted by Gasteiger charge is 2.13. The van der Waals surface area contributed by atoms with Crippen LogP contribution in [0.1, 0.15) is 24.2 Å². The fourth-order valence-corrected chi connectivity index (χ4v) is 2.13. The zero-order chi connectivity index (χ0) is 15.2. The quantitative estimate of drug-likeness (QED) is 0.826. The average Bonchev–Trinajstić information content (AvgIpc) is 2.46. The molecule has 1 N–H and O–H groups in total. The molecule has 0 aliphatic heterocycles. The second-order valence-electron chi connectivity index (χ2n) is 5.00. The molecule has 0 aliphatic carbocycles. The van der Waals surface area contributed by atoms with E-state index in [2.05, 4.69) is 40.1 Å². The molecule has 110 valence electrons. The van der Waals surface area contributed by atoms with Crippen molar-refractivity contribution in [3.8, 4) is 5.75 Å². The van der Waals surface area contributed by atoms with Crippen LogP contribution in [0.5, 0.6) is 5.75 Å². The summed E-state index contributed by atoms with van der Waals surface area (Å²) in [6.07, 6.45) is 1.63. The Bertz CT molecular complexity index is 629. The summed E-state index contributed by atoms with van der Waals surface area (Å²) >= 11 is 3.28. The number of anilines is 1. The maximum atomic E-state index is 12.3. The zero-order valence-corrected chi connectivity index (χ0v) is 13.6. The number of carbonyl (C=O) groups excluding carboxylic acids is 1. The van der Waals surface area contributed by atoms with E-state index in [-0.39, 0.29) is 5.91 Å². The van der Waals surface area contributed by atoms with E-state index in [1.807, 2.05) is 24.3 Å². The van der Waals surface area contributed by atoms with Gasteiger partial charge in [-0.15, -0.1) is 0 Å². The minimum atomic E-state index is -0.226. The van der Waals surface area contributed by atoms with Crippen LogP contribution in [-0.4, -0.2) is 17.5 Å². The molecule has 0 radical (unpaired) electrons. The topological polar surface area (TPSA) is 51.2 Å². The minimum Gasteiger partial charge on any atom is -0.491 e. The normalized spacial score (nSPS) is 10.5. The molecule has 0 fully saturated rings. The van der Waals surface area contributed by atoms with Crippen molar-refractivity contribution in [3.05, 3.63) is 52.8 Å². The summed E-state index contributed by atoms with van der Waals surface area (Å²) in [6.45, 7) is 4.76. The summed E-state index contributed by atoms with van der Waals surface area (Å²) in [4.78, 5) is 16.3. The van der Waals surface area contributed by atoms with Crippen LogP contribution in [0.15, 0.2) is 47.2 Å². The fourth-order valence-electron chi connectivity index (χ4n) is 1.70. The third-order valence-corrected chi connectivity index (χ3v) is 3.34. The Hall–Kier alpha value is -1.88. The van der Waals surface area contributed by atoms with Gasteiger partial charge in [-0.1, -0.05) is 26.0 Å². The lowest BCUT2D eigenvalue weighted by atomic mass is 10.2. The Morgan fingerprint density at radius 2 is 2.05 bits per heavy atom. The first-order valence-electron chi connectivity index (χ1n) is 6.71. The molecule has 1 aromatic carbocycles. The van der Waals surface area contributed by atoms with Crippen molar-refractivity contribution in [2.24, 2.45) is 5.92 Å². The first kappa shape index (κ1) is 15.5. The van der Waals surface area contributed by atoms with E-state index in [0.29, 0.717) is 34.1 Å². The van der Waals surface area contributed by atoms with Gasteiger partial charge >= 0.3 is 0 Å². The molecule has 0 spiro atoms. The third-order valence-electron chi connectivity index (χ3n) is 2.71. The van der Waals surface area contributed by atoms with E-state index in [9.17, 15) is 4.79 Å². The molecule has 0 saturated carbocycles. The molecule has 2 rings (SSSR count). The van der Waals surface area contributed by atoms with Crippen LogP contribution >= 0.6 is 15.9 Å². The van der Waals surface area contributed by atoms with Crippen LogP contribution in [-0.2, 0) is 0 Å². The van der Waals surface area contributed by atoms with Gasteiger partial charge in [0.25, 0.3) is 5.91 Å². The van der Waals surface area contributed by atoms with Gasteiger partial charge in [-0.25, -0.2) is 4.98 Å². The van der Waals surface area contributed by atoms with Crippen molar-refractivity contribution in [1.82, 2.24) is 4.98 Å². The number of nitrogens with one attached hydrogen (secondary N) is 1. The second-order valence-corrected chi connectivity index (χ2v) is 5.75. The number of halogens is 1. The summed E-state index contributed by atoms with van der Waals surface area (Å²) in [7, 11) is 0. The number of amides is 1. The van der Waals surface area contributed by atoms with Gasteiger partial charge in [0.15, 0.2) is 0 Å². The SMILES string of the molecule is CC(C)COc1ccccc1NC(=O)c1cccnc1Br. The van der Waals surface area contributed by atoms with E-state index in [1.165, 1.54) is 0 Å². The first-order chi connectivity index (χ1) is 10.1. The molecule has 5 heteroatoms. The van der Waals surface area contributed by atoms with Gasteiger partial charge in [-0.05, 0) is 46.1 Å². The lowest BCUT2D eigenvalue weighted by molar-refractivity contribution is 0.102. The molecule has 1 heterocycles. The van der Waals surface area contributed by atoms with E-state index in [1.54, 1.807) is 18.3 Å². The summed E-state index contributed by atoms with van der Waals surface area (Å²) in [6, 6.07) is 10.8. The van der Waals surface area contributed by atoms with Crippen LogP contribution in [0, 0.1) is 5.92 Å². The molecule has 0 aliphatic rings. The van der Waals surface area contributed by atoms with Crippen LogP contribution < -0.4 is 10.1 Å². The van der Waals surface area contributed by atoms with Crippen molar-refractivity contribution in [1.29, 1.82) is 0 Å². The van der Waals surface area contributed by atoms with Crippen LogP contribution in [0.25, 0.3) is 0 Å². The number of nitrogens with zero attached hydrogens (tertiary/aromatic N) is 1. The van der Waals surface area contributed by atoms with Crippen LogP contribution in [0.4, 0.5) is 5.69 Å². The molecule has 0 bridgehead atoms. The Morgan fingerprint density at radius 1 is 1.29 bits per heavy atom. The number of benzene rings is 1. The smallest absolute Gasteiger partial charge is 0.258 e. The van der Waals surface area contributed by atoms with Gasteiger partial charge in [0.05, 0.1) is 17.9 Å². The van der Waals surface area contributed by atoms with E-state index in [0.717, 1.165) is 0 Å². The number of pyridine rings is 1. The van der Waals surface area contributed by atoms with Crippen molar-refractivity contribution in [2.75, 3.05) is 11.9 Å². The number of aromatic nitrogens is 1. The third kappa shape index (κ3) is 4.29. The molecule has 0 saturated heterocycles. The average molecular weight is 349 g/mol. The van der Waals surface area contributed by atoms with Crippen molar-refractivity contribution < 1.29 is 9.53 Å². The van der Waals surface area contributed by atoms with Crippen molar-refractivity contribution in [3.63, 3.8) is 0 Å². The number of para-hydroxylation sites is 2. The number of ether oxygens (including phenoxy) is 1. The van der Waals surface area contributed by atoms with Crippen LogP contribution in [0.2, 0.25) is 0 Å². The maximum Gasteiger partial charge on any atom is 0.258 e. The number of rotatable bonds is 5. The van der Waals surface area contributed by atoms with E-state index >= 15 is 0 Å². The highest BCUT2D eigenvalue weighted by atomic mass is 79.9. The van der Waals surface area contributed by atoms with Gasteiger partial charge in [-0.3, -0.25) is 4.79 Å². The molecule has 1 amide bonds. The standard InChI is InChI=1S/C16H17BrN2O2/c1-11(2)10-21-14-8-4-3-7-13(14)19-16(20)12-6-5-9-18-15(12)17/h3-9,11H,10H2,1-2H3,(H,19,20). The maximum absolute atomic E-state index is 12.3. The van der Waals surface area contributed by atoms with Gasteiger partial charge in [-0.2, -0.15) is 0 Å². The van der Waals surface area contributed by atoms with Crippen LogP contribution in [0.3, 0.4) is 0 Å². The van der Waals surface area contributed by atoms with Gasteiger partial charge in [0.1, 0.15) is 10.4 Å². The molecule has 0 unspecified atom stereocenters. The molecule has 4 nitrogen and oxygen atoms in total. The zero-order valence-electron chi connectivity index (χ0n) is 12.0. The first-order valence-corrected chi connectivity index (χ1v) is 7.51. The number of carbonyl (C=O) groups is 1. The Kier molecular flexibility index (Phi) is 5.33. The summed E-state index contributed by atoms with van der Waals surface area (Å²) in [5, 5.41) is 2.86. The Morgan fingerprint density at radius 3 is 2.76 bits per heavy atom. The van der Waals surface area contributed by atoms with E-state index in [4.69, 9.17) is 4.74 Å². The van der Waals surface area contributed by atoms with Crippen molar-refractivity contribution in [2.45, 2.75) is 13.8 Å². The lowest BCUT2D eigenvalue weighted by Gasteiger charge is -2.14.